The summed E-state index contributed by atoms with van der Waals surface area (Å²) in [6.45, 7) is 4.89. The van der Waals surface area contributed by atoms with Crippen LogP contribution < -0.4 is 14.8 Å². The zero-order chi connectivity index (χ0) is 12.9. The van der Waals surface area contributed by atoms with Crippen molar-refractivity contribution in [3.05, 3.63) is 23.8 Å². The van der Waals surface area contributed by atoms with Gasteiger partial charge in [0, 0.05) is 12.0 Å². The third-order valence-electron chi connectivity index (χ3n) is 2.84. The smallest absolute Gasteiger partial charge is 0.161 e. The van der Waals surface area contributed by atoms with Crippen LogP contribution >= 0.6 is 0 Å². The largest absolute Gasteiger partial charge is 0.493 e. The van der Waals surface area contributed by atoms with Crippen molar-refractivity contribution in [1.82, 2.24) is 5.32 Å². The lowest BCUT2D eigenvalue weighted by atomic mass is 9.84. The van der Waals surface area contributed by atoms with Crippen LogP contribution in [0, 0.1) is 0 Å². The van der Waals surface area contributed by atoms with Crippen LogP contribution in [0.3, 0.4) is 0 Å². The van der Waals surface area contributed by atoms with E-state index < -0.39 is 0 Å². The summed E-state index contributed by atoms with van der Waals surface area (Å²) in [7, 11) is 3.25. The molecular weight excluding hydrogens is 218 g/mol. The molecule has 0 spiro atoms. The number of aliphatic hydroxyl groups excluding tert-OH is 1. The van der Waals surface area contributed by atoms with E-state index in [1.54, 1.807) is 14.2 Å². The number of methoxy groups -OCH3 is 2. The Hall–Kier alpha value is -1.26. The van der Waals surface area contributed by atoms with E-state index in [9.17, 15) is 0 Å². The minimum absolute atomic E-state index is 0.0171. The van der Waals surface area contributed by atoms with Gasteiger partial charge in [0.05, 0.1) is 21.0 Å². The Morgan fingerprint density at radius 3 is 2.35 bits per heavy atom. The molecule has 0 aliphatic heterocycles. The first-order valence-electron chi connectivity index (χ1n) is 5.59. The summed E-state index contributed by atoms with van der Waals surface area (Å²) in [5.74, 6) is 1.45. The number of aliphatic hydroxyl groups is 1. The van der Waals surface area contributed by atoms with E-state index in [0.29, 0.717) is 6.54 Å². The van der Waals surface area contributed by atoms with Crippen molar-refractivity contribution in [3.63, 3.8) is 0 Å². The summed E-state index contributed by atoms with van der Waals surface area (Å²) < 4.78 is 10.5. The van der Waals surface area contributed by atoms with E-state index in [-0.39, 0.29) is 12.1 Å². The highest BCUT2D eigenvalue weighted by Gasteiger charge is 2.21. The van der Waals surface area contributed by atoms with Crippen molar-refractivity contribution < 1.29 is 14.6 Å². The van der Waals surface area contributed by atoms with E-state index in [0.717, 1.165) is 17.1 Å². The van der Waals surface area contributed by atoms with Crippen LogP contribution in [0.1, 0.15) is 19.4 Å². The molecule has 17 heavy (non-hydrogen) atoms. The van der Waals surface area contributed by atoms with Crippen molar-refractivity contribution in [2.45, 2.75) is 19.3 Å². The van der Waals surface area contributed by atoms with Crippen molar-refractivity contribution in [2.24, 2.45) is 0 Å². The fourth-order valence-corrected chi connectivity index (χ4v) is 1.73. The molecule has 2 N–H and O–H groups in total. The molecule has 0 heterocycles. The summed E-state index contributed by atoms with van der Waals surface area (Å²) in [6.07, 6.45) is 0. The highest BCUT2D eigenvalue weighted by Crippen LogP contribution is 2.32. The van der Waals surface area contributed by atoms with Crippen molar-refractivity contribution in [2.75, 3.05) is 27.5 Å². The highest BCUT2D eigenvalue weighted by molar-refractivity contribution is 5.45. The summed E-state index contributed by atoms with van der Waals surface area (Å²) in [4.78, 5) is 0. The quantitative estimate of drug-likeness (QED) is 0.739. The lowest BCUT2D eigenvalue weighted by molar-refractivity contribution is 0.247. The van der Waals surface area contributed by atoms with Gasteiger partial charge < -0.3 is 14.6 Å². The predicted molar refractivity (Wildman–Crippen MR) is 67.7 cm³/mol. The van der Waals surface area contributed by atoms with Crippen LogP contribution in [-0.2, 0) is 5.41 Å². The molecular formula is C13H21NO3. The number of hydrogen-bond acceptors (Lipinski definition) is 4. The third-order valence-corrected chi connectivity index (χ3v) is 2.84. The first kappa shape index (κ1) is 13.8. The van der Waals surface area contributed by atoms with Crippen LogP contribution in [0.25, 0.3) is 0 Å². The molecule has 0 unspecified atom stereocenters. The fourth-order valence-electron chi connectivity index (χ4n) is 1.73. The zero-order valence-corrected chi connectivity index (χ0v) is 10.9. The van der Waals surface area contributed by atoms with Gasteiger partial charge in [-0.05, 0) is 17.7 Å². The molecule has 96 valence electrons. The first-order valence-corrected chi connectivity index (χ1v) is 5.59. The molecule has 0 fully saturated rings. The van der Waals surface area contributed by atoms with Gasteiger partial charge in [0.25, 0.3) is 0 Å². The van der Waals surface area contributed by atoms with Gasteiger partial charge in [-0.15, -0.1) is 0 Å². The normalized spacial score (nSPS) is 11.4. The van der Waals surface area contributed by atoms with Crippen LogP contribution in [-0.4, -0.2) is 32.6 Å². The summed E-state index contributed by atoms with van der Waals surface area (Å²) >= 11 is 0. The fraction of sp³-hybridized carbons (Fsp3) is 0.538. The van der Waals surface area contributed by atoms with Crippen LogP contribution in [0.15, 0.2) is 18.2 Å². The Morgan fingerprint density at radius 1 is 1.18 bits per heavy atom. The van der Waals surface area contributed by atoms with E-state index in [2.05, 4.69) is 19.2 Å². The Morgan fingerprint density at radius 2 is 1.82 bits per heavy atom. The van der Waals surface area contributed by atoms with Gasteiger partial charge in [-0.1, -0.05) is 19.9 Å². The van der Waals surface area contributed by atoms with Crippen molar-refractivity contribution in [3.8, 4) is 11.5 Å². The molecule has 0 saturated carbocycles. The maximum Gasteiger partial charge on any atom is 0.161 e. The van der Waals surface area contributed by atoms with Gasteiger partial charge >= 0.3 is 0 Å². The molecule has 1 aromatic rings. The number of benzene rings is 1. The maximum atomic E-state index is 8.80. The second-order valence-corrected chi connectivity index (χ2v) is 4.54. The van der Waals surface area contributed by atoms with Gasteiger partial charge in [0.1, 0.15) is 0 Å². The average molecular weight is 239 g/mol. The van der Waals surface area contributed by atoms with Gasteiger partial charge in [0.2, 0.25) is 0 Å². The molecule has 0 aliphatic rings. The number of hydrogen-bond donors (Lipinski definition) is 2. The van der Waals surface area contributed by atoms with E-state index in [1.165, 1.54) is 0 Å². The molecule has 0 radical (unpaired) electrons. The standard InChI is InChI=1S/C13H21NO3/c1-13(2,8-14-9-15)10-5-6-11(16-3)12(7-10)17-4/h5-7,14-15H,8-9H2,1-4H3. The van der Waals surface area contributed by atoms with Crippen molar-refractivity contribution in [1.29, 1.82) is 0 Å². The number of nitrogens with one attached hydrogen (secondary N) is 1. The van der Waals surface area contributed by atoms with Gasteiger partial charge in [0.15, 0.2) is 11.5 Å². The molecule has 1 aromatic carbocycles. The predicted octanol–water partition coefficient (Wildman–Crippen LogP) is 1.52. The summed E-state index contributed by atoms with van der Waals surface area (Å²) in [5, 5.41) is 11.7. The number of ether oxygens (including phenoxy) is 2. The number of rotatable bonds is 6. The van der Waals surface area contributed by atoms with Crippen LogP contribution in [0.2, 0.25) is 0 Å². The van der Waals surface area contributed by atoms with E-state index in [4.69, 9.17) is 14.6 Å². The minimum atomic E-state index is -0.0811. The molecule has 0 aliphatic carbocycles. The maximum absolute atomic E-state index is 8.80. The van der Waals surface area contributed by atoms with Gasteiger partial charge in [-0.25, -0.2) is 0 Å². The Kier molecular flexibility index (Phi) is 4.78. The molecule has 0 atom stereocenters. The average Bonchev–Trinajstić information content (AvgIpc) is 2.35. The van der Waals surface area contributed by atoms with Gasteiger partial charge in [-0.2, -0.15) is 0 Å². The lowest BCUT2D eigenvalue weighted by Gasteiger charge is -2.26. The Bertz CT molecular complexity index is 364. The summed E-state index contributed by atoms with van der Waals surface area (Å²) in [5.41, 5.74) is 1.05. The molecule has 1 rings (SSSR count). The Balaban J connectivity index is 2.98. The zero-order valence-electron chi connectivity index (χ0n) is 10.9. The lowest BCUT2D eigenvalue weighted by Crippen LogP contribution is -2.33. The van der Waals surface area contributed by atoms with Gasteiger partial charge in [-0.3, -0.25) is 5.32 Å². The first-order chi connectivity index (χ1) is 8.05. The summed E-state index contributed by atoms with van der Waals surface area (Å²) in [6, 6.07) is 5.88. The SMILES string of the molecule is COc1ccc(C(C)(C)CNCO)cc1OC. The van der Waals surface area contributed by atoms with E-state index >= 15 is 0 Å². The van der Waals surface area contributed by atoms with Crippen LogP contribution in [0.5, 0.6) is 11.5 Å². The molecule has 4 heteroatoms. The Labute approximate surface area is 103 Å². The third kappa shape index (κ3) is 3.35. The molecule has 0 amide bonds. The molecule has 0 aromatic heterocycles. The minimum Gasteiger partial charge on any atom is -0.493 e. The monoisotopic (exact) mass is 239 g/mol. The molecule has 4 nitrogen and oxygen atoms in total. The van der Waals surface area contributed by atoms with E-state index in [1.807, 2.05) is 18.2 Å². The van der Waals surface area contributed by atoms with Crippen molar-refractivity contribution >= 4 is 0 Å². The molecule has 0 saturated heterocycles. The van der Waals surface area contributed by atoms with Crippen LogP contribution in [0.4, 0.5) is 0 Å². The molecule has 0 bridgehead atoms. The topological polar surface area (TPSA) is 50.7 Å². The second kappa shape index (κ2) is 5.89. The second-order valence-electron chi connectivity index (χ2n) is 4.54. The highest BCUT2D eigenvalue weighted by atomic mass is 16.5.